The van der Waals surface area contributed by atoms with Crippen LogP contribution in [-0.2, 0) is 14.8 Å². The molecule has 1 heterocycles. The van der Waals surface area contributed by atoms with Crippen molar-refractivity contribution in [3.05, 3.63) is 40.6 Å². The van der Waals surface area contributed by atoms with Crippen LogP contribution in [0.3, 0.4) is 0 Å². The molecular weight excluding hydrogens is 376 g/mol. The van der Waals surface area contributed by atoms with Gasteiger partial charge >= 0.3 is 5.97 Å². The number of anilines is 1. The van der Waals surface area contributed by atoms with Gasteiger partial charge in [-0.2, -0.15) is 0 Å². The van der Waals surface area contributed by atoms with Gasteiger partial charge in [0.1, 0.15) is 27.5 Å². The van der Waals surface area contributed by atoms with Crippen LogP contribution in [0.2, 0.25) is 0 Å². The number of aryl methyl sites for hydroxylation is 2. The fourth-order valence-electron chi connectivity index (χ4n) is 2.47. The number of hydrogen-bond donors (Lipinski definition) is 2. The van der Waals surface area contributed by atoms with Crippen LogP contribution in [0, 0.1) is 13.8 Å². The molecule has 9 nitrogen and oxygen atoms in total. The number of methoxy groups -OCH3 is 1. The summed E-state index contributed by atoms with van der Waals surface area (Å²) in [5, 5.41) is 0. The molecule has 0 bridgehead atoms. The van der Waals surface area contributed by atoms with Gasteiger partial charge in [-0.05, 0) is 38.5 Å². The van der Waals surface area contributed by atoms with Gasteiger partial charge in [0.2, 0.25) is 5.88 Å². The first-order valence-corrected chi connectivity index (χ1v) is 9.38. The summed E-state index contributed by atoms with van der Waals surface area (Å²) in [5.74, 6) is -2.25. The Hall–Kier alpha value is -3.01. The normalized spacial score (nSPS) is 11.1. The van der Waals surface area contributed by atoms with Crippen LogP contribution < -0.4 is 15.2 Å². The van der Waals surface area contributed by atoms with Crippen molar-refractivity contribution in [3.63, 3.8) is 0 Å². The van der Waals surface area contributed by atoms with E-state index < -0.39 is 33.3 Å². The quantitative estimate of drug-likeness (QED) is 0.682. The smallest absolute Gasteiger partial charge is 0.342 e. The highest BCUT2D eigenvalue weighted by molar-refractivity contribution is 7.92. The number of furan rings is 1. The third-order valence-corrected chi connectivity index (χ3v) is 5.00. The van der Waals surface area contributed by atoms with Gasteiger partial charge in [0.15, 0.2) is 0 Å². The maximum atomic E-state index is 12.8. The number of rotatable bonds is 7. The summed E-state index contributed by atoms with van der Waals surface area (Å²) in [6, 6.07) is 4.58. The molecule has 3 N–H and O–H groups in total. The number of carbonyl (C=O) groups is 2. The third-order valence-electron chi connectivity index (χ3n) is 3.65. The van der Waals surface area contributed by atoms with Gasteiger partial charge in [-0.1, -0.05) is 6.07 Å². The lowest BCUT2D eigenvalue weighted by molar-refractivity contribution is 0.0521. The van der Waals surface area contributed by atoms with E-state index in [2.05, 4.69) is 4.72 Å². The summed E-state index contributed by atoms with van der Waals surface area (Å²) in [6.07, 6.45) is 0. The van der Waals surface area contributed by atoms with Crippen LogP contribution in [-0.4, -0.2) is 34.0 Å². The summed E-state index contributed by atoms with van der Waals surface area (Å²) in [4.78, 5) is 23.8. The average molecular weight is 396 g/mol. The summed E-state index contributed by atoms with van der Waals surface area (Å²) in [5.41, 5.74) is 5.38. The van der Waals surface area contributed by atoms with Crippen molar-refractivity contribution < 1.29 is 31.9 Å². The second-order valence-electron chi connectivity index (χ2n) is 5.58. The molecule has 0 saturated carbocycles. The van der Waals surface area contributed by atoms with Gasteiger partial charge < -0.3 is 19.6 Å². The first-order valence-electron chi connectivity index (χ1n) is 7.90. The first kappa shape index (κ1) is 20.3. The highest BCUT2D eigenvalue weighted by atomic mass is 32.2. The molecule has 0 radical (unpaired) electrons. The molecule has 10 heteroatoms. The van der Waals surface area contributed by atoms with E-state index in [0.29, 0.717) is 5.56 Å². The number of carbonyl (C=O) groups excluding carboxylic acids is 2. The molecule has 2 rings (SSSR count). The molecule has 0 spiro atoms. The van der Waals surface area contributed by atoms with Gasteiger partial charge in [0.05, 0.1) is 13.7 Å². The Morgan fingerprint density at radius 3 is 2.44 bits per heavy atom. The molecule has 0 fully saturated rings. The zero-order valence-electron chi connectivity index (χ0n) is 15.3. The van der Waals surface area contributed by atoms with Crippen molar-refractivity contribution in [1.82, 2.24) is 0 Å². The molecule has 2 aromatic rings. The molecule has 0 aliphatic rings. The first-order chi connectivity index (χ1) is 12.6. The number of sulfonamides is 1. The van der Waals surface area contributed by atoms with Crippen LogP contribution in [0.4, 0.5) is 5.88 Å². The Balaban J connectivity index is 2.57. The van der Waals surface area contributed by atoms with E-state index in [9.17, 15) is 18.0 Å². The molecule has 1 aromatic heterocycles. The van der Waals surface area contributed by atoms with E-state index in [4.69, 9.17) is 19.6 Å². The van der Waals surface area contributed by atoms with E-state index in [1.165, 1.54) is 26.2 Å². The highest BCUT2D eigenvalue weighted by Gasteiger charge is 2.31. The molecule has 0 unspecified atom stereocenters. The lowest BCUT2D eigenvalue weighted by Gasteiger charge is -2.11. The minimum absolute atomic E-state index is 0.00356. The lowest BCUT2D eigenvalue weighted by atomic mass is 10.1. The molecule has 1 amide bonds. The van der Waals surface area contributed by atoms with Crippen LogP contribution in [0.5, 0.6) is 5.75 Å². The zero-order chi connectivity index (χ0) is 20.4. The second-order valence-corrected chi connectivity index (χ2v) is 7.23. The Kier molecular flexibility index (Phi) is 5.79. The SMILES string of the molecule is CCOC(=O)c1c(C)oc(NS(=O)(=O)c2cc(C)ccc2OC)c1C(N)=O. The molecule has 0 saturated heterocycles. The number of nitrogens with two attached hydrogens (primary N) is 1. The summed E-state index contributed by atoms with van der Waals surface area (Å²) < 4.78 is 43.0. The lowest BCUT2D eigenvalue weighted by Crippen LogP contribution is -2.20. The number of primary amides is 1. The van der Waals surface area contributed by atoms with E-state index in [1.807, 2.05) is 0 Å². The zero-order valence-corrected chi connectivity index (χ0v) is 16.1. The third kappa shape index (κ3) is 4.05. The Morgan fingerprint density at radius 2 is 1.89 bits per heavy atom. The molecule has 0 aliphatic carbocycles. The molecule has 1 aromatic carbocycles. The molecule has 0 aliphatic heterocycles. The van der Waals surface area contributed by atoms with Gasteiger partial charge in [0, 0.05) is 0 Å². The van der Waals surface area contributed by atoms with Crippen molar-refractivity contribution in [2.24, 2.45) is 5.73 Å². The number of benzene rings is 1. The Bertz CT molecular complexity index is 993. The number of esters is 1. The minimum Gasteiger partial charge on any atom is -0.495 e. The molecule has 146 valence electrons. The van der Waals surface area contributed by atoms with E-state index >= 15 is 0 Å². The Morgan fingerprint density at radius 1 is 1.22 bits per heavy atom. The van der Waals surface area contributed by atoms with Crippen molar-refractivity contribution in [3.8, 4) is 5.75 Å². The largest absolute Gasteiger partial charge is 0.495 e. The van der Waals surface area contributed by atoms with Crippen molar-refractivity contribution in [2.75, 3.05) is 18.4 Å². The topological polar surface area (TPSA) is 138 Å². The van der Waals surface area contributed by atoms with Crippen LogP contribution in [0.25, 0.3) is 0 Å². The standard InChI is InChI=1S/C17H20N2O7S/c1-5-25-17(21)13-10(3)26-16(14(13)15(18)20)19-27(22,23)12-8-9(2)6-7-11(12)24-4/h6-8,19H,5H2,1-4H3,(H2,18,20). The van der Waals surface area contributed by atoms with Crippen molar-refractivity contribution in [2.45, 2.75) is 25.7 Å². The van der Waals surface area contributed by atoms with E-state index in [1.54, 1.807) is 19.9 Å². The van der Waals surface area contributed by atoms with Gasteiger partial charge in [-0.15, -0.1) is 0 Å². The maximum absolute atomic E-state index is 12.8. The number of nitrogens with one attached hydrogen (secondary N) is 1. The van der Waals surface area contributed by atoms with Crippen molar-refractivity contribution in [1.29, 1.82) is 0 Å². The van der Waals surface area contributed by atoms with Gasteiger partial charge in [-0.3, -0.25) is 4.79 Å². The molecule has 27 heavy (non-hydrogen) atoms. The maximum Gasteiger partial charge on any atom is 0.342 e. The van der Waals surface area contributed by atoms with Crippen molar-refractivity contribution >= 4 is 27.8 Å². The monoisotopic (exact) mass is 396 g/mol. The summed E-state index contributed by atoms with van der Waals surface area (Å²) in [7, 11) is -2.88. The minimum atomic E-state index is -4.20. The van der Waals surface area contributed by atoms with E-state index in [-0.39, 0.29) is 28.6 Å². The second kappa shape index (κ2) is 7.70. The van der Waals surface area contributed by atoms with Gasteiger partial charge in [-0.25, -0.2) is 17.9 Å². The highest BCUT2D eigenvalue weighted by Crippen LogP contribution is 2.32. The average Bonchev–Trinajstić information content (AvgIpc) is 2.90. The van der Waals surface area contributed by atoms with Crippen LogP contribution in [0.15, 0.2) is 27.5 Å². The number of amides is 1. The van der Waals surface area contributed by atoms with Crippen LogP contribution >= 0.6 is 0 Å². The number of ether oxygens (including phenoxy) is 2. The van der Waals surface area contributed by atoms with Crippen LogP contribution in [0.1, 0.15) is 39.0 Å². The predicted octanol–water partition coefficient (Wildman–Crippen LogP) is 1.98. The fraction of sp³-hybridized carbons (Fsp3) is 0.294. The molecular formula is C17H20N2O7S. The van der Waals surface area contributed by atoms with Gasteiger partial charge in [0.25, 0.3) is 15.9 Å². The summed E-state index contributed by atoms with van der Waals surface area (Å²) in [6.45, 7) is 4.75. The number of hydrogen-bond acceptors (Lipinski definition) is 7. The summed E-state index contributed by atoms with van der Waals surface area (Å²) >= 11 is 0. The molecule has 0 atom stereocenters. The fourth-order valence-corrected chi connectivity index (χ4v) is 3.73. The predicted molar refractivity (Wildman–Crippen MR) is 96.5 cm³/mol. The Labute approximate surface area is 156 Å². The van der Waals surface area contributed by atoms with E-state index in [0.717, 1.165) is 0 Å².